The first-order chi connectivity index (χ1) is 6.66. The number of hydrogen-bond acceptors (Lipinski definition) is 3. The van der Waals surface area contributed by atoms with Gasteiger partial charge in [-0.05, 0) is 6.07 Å². The lowest BCUT2D eigenvalue weighted by atomic mass is 10.1. The highest BCUT2D eigenvalue weighted by Gasteiger charge is 2.45. The number of hydrogen-bond donors (Lipinski definition) is 1. The number of para-hydroxylation sites is 1. The molecule has 3 nitrogen and oxygen atoms in total. The van der Waals surface area contributed by atoms with E-state index < -0.39 is 6.29 Å². The Bertz CT molecular complexity index is 390. The molecule has 1 saturated heterocycles. The standard InChI is InChI=1S/C9H7F2NO2/c10-9(11)13-7-3-1-2-5(6-4-12-6)8(7)14-9/h1-3,6,12H,4H2/t6-/m1/s1. The van der Waals surface area contributed by atoms with E-state index >= 15 is 0 Å². The third-order valence-corrected chi connectivity index (χ3v) is 2.24. The average molecular weight is 199 g/mol. The third-order valence-electron chi connectivity index (χ3n) is 2.24. The van der Waals surface area contributed by atoms with Crippen LogP contribution in [0.25, 0.3) is 0 Å². The van der Waals surface area contributed by atoms with Crippen molar-refractivity contribution in [1.82, 2.24) is 5.32 Å². The number of alkyl halides is 2. The van der Waals surface area contributed by atoms with Gasteiger partial charge < -0.3 is 14.8 Å². The zero-order valence-electron chi connectivity index (χ0n) is 7.09. The summed E-state index contributed by atoms with van der Waals surface area (Å²) in [5.74, 6) is 0.272. The summed E-state index contributed by atoms with van der Waals surface area (Å²) in [6.07, 6.45) is -3.52. The van der Waals surface area contributed by atoms with Crippen molar-refractivity contribution in [2.75, 3.05) is 6.54 Å². The number of ether oxygens (including phenoxy) is 2. The van der Waals surface area contributed by atoms with Crippen LogP contribution in [0.4, 0.5) is 8.78 Å². The second-order valence-electron chi connectivity index (χ2n) is 3.30. The lowest BCUT2D eigenvalue weighted by Gasteiger charge is -2.05. The van der Waals surface area contributed by atoms with Crippen LogP contribution in [0.5, 0.6) is 11.5 Å². The third kappa shape index (κ3) is 1.13. The predicted octanol–water partition coefficient (Wildman–Crippen LogP) is 1.65. The van der Waals surface area contributed by atoms with Gasteiger partial charge in [0.15, 0.2) is 11.5 Å². The average Bonchev–Trinajstić information content (AvgIpc) is 2.86. The maximum atomic E-state index is 12.7. The summed E-state index contributed by atoms with van der Waals surface area (Å²) in [7, 11) is 0. The van der Waals surface area contributed by atoms with Crippen molar-refractivity contribution in [2.24, 2.45) is 0 Å². The molecule has 1 fully saturated rings. The molecule has 14 heavy (non-hydrogen) atoms. The smallest absolute Gasteiger partial charge is 0.395 e. The Hall–Kier alpha value is -1.36. The first-order valence-corrected chi connectivity index (χ1v) is 4.28. The largest absolute Gasteiger partial charge is 0.586 e. The quantitative estimate of drug-likeness (QED) is 0.699. The molecular formula is C9H7F2NO2. The van der Waals surface area contributed by atoms with E-state index in [1.807, 2.05) is 0 Å². The number of nitrogens with one attached hydrogen (secondary N) is 1. The predicted molar refractivity (Wildman–Crippen MR) is 43.4 cm³/mol. The molecule has 0 aliphatic carbocycles. The van der Waals surface area contributed by atoms with E-state index in [0.29, 0.717) is 0 Å². The van der Waals surface area contributed by atoms with Crippen molar-refractivity contribution in [3.8, 4) is 11.5 Å². The molecule has 0 amide bonds. The molecule has 3 rings (SSSR count). The van der Waals surface area contributed by atoms with Gasteiger partial charge in [0.2, 0.25) is 0 Å². The lowest BCUT2D eigenvalue weighted by Crippen LogP contribution is -2.26. The highest BCUT2D eigenvalue weighted by Crippen LogP contribution is 2.46. The van der Waals surface area contributed by atoms with E-state index in [1.165, 1.54) is 6.07 Å². The minimum Gasteiger partial charge on any atom is -0.395 e. The van der Waals surface area contributed by atoms with E-state index in [9.17, 15) is 8.78 Å². The molecule has 2 aliphatic heterocycles. The maximum Gasteiger partial charge on any atom is 0.586 e. The van der Waals surface area contributed by atoms with Crippen LogP contribution in [0.1, 0.15) is 11.6 Å². The van der Waals surface area contributed by atoms with Crippen LogP contribution in [-0.4, -0.2) is 12.8 Å². The van der Waals surface area contributed by atoms with Crippen LogP contribution in [-0.2, 0) is 0 Å². The number of benzene rings is 1. The summed E-state index contributed by atoms with van der Waals surface area (Å²) < 4.78 is 34.2. The Morgan fingerprint density at radius 3 is 2.86 bits per heavy atom. The van der Waals surface area contributed by atoms with Gasteiger partial charge in [0.05, 0.1) is 0 Å². The summed E-state index contributed by atoms with van der Waals surface area (Å²) in [4.78, 5) is 0. The van der Waals surface area contributed by atoms with Crippen LogP contribution in [0.15, 0.2) is 18.2 Å². The first-order valence-electron chi connectivity index (χ1n) is 4.28. The fourth-order valence-corrected chi connectivity index (χ4v) is 1.54. The summed E-state index contributed by atoms with van der Waals surface area (Å²) in [5.41, 5.74) is 0.736. The van der Waals surface area contributed by atoms with Gasteiger partial charge in [-0.15, -0.1) is 8.78 Å². The normalized spacial score (nSPS) is 26.3. The highest BCUT2D eigenvalue weighted by molar-refractivity contribution is 5.51. The van der Waals surface area contributed by atoms with E-state index in [0.717, 1.165) is 12.1 Å². The van der Waals surface area contributed by atoms with Gasteiger partial charge in [-0.25, -0.2) is 0 Å². The Morgan fingerprint density at radius 2 is 2.14 bits per heavy atom. The van der Waals surface area contributed by atoms with Gasteiger partial charge in [0.1, 0.15) is 0 Å². The summed E-state index contributed by atoms with van der Waals surface area (Å²) >= 11 is 0. The van der Waals surface area contributed by atoms with E-state index in [4.69, 9.17) is 0 Å². The van der Waals surface area contributed by atoms with Gasteiger partial charge in [-0.2, -0.15) is 0 Å². The van der Waals surface area contributed by atoms with Crippen molar-refractivity contribution in [1.29, 1.82) is 0 Å². The second-order valence-corrected chi connectivity index (χ2v) is 3.30. The molecule has 0 saturated carbocycles. The van der Waals surface area contributed by atoms with Crippen molar-refractivity contribution < 1.29 is 18.3 Å². The van der Waals surface area contributed by atoms with Crippen LogP contribution >= 0.6 is 0 Å². The number of fused-ring (bicyclic) bond motifs is 1. The minimum atomic E-state index is -3.52. The second kappa shape index (κ2) is 2.36. The Balaban J connectivity index is 2.06. The van der Waals surface area contributed by atoms with Crippen LogP contribution in [0.2, 0.25) is 0 Å². The molecule has 1 aromatic rings. The van der Waals surface area contributed by atoms with Crippen molar-refractivity contribution in [3.05, 3.63) is 23.8 Å². The minimum absolute atomic E-state index is 0.112. The Labute approximate surface area is 78.6 Å². The summed E-state index contributed by atoms with van der Waals surface area (Å²) in [5, 5.41) is 3.03. The molecule has 5 heteroatoms. The van der Waals surface area contributed by atoms with Gasteiger partial charge in [-0.3, -0.25) is 0 Å². The zero-order chi connectivity index (χ0) is 9.76. The van der Waals surface area contributed by atoms with Gasteiger partial charge in [-0.1, -0.05) is 12.1 Å². The number of halogens is 2. The molecule has 1 N–H and O–H groups in total. The molecule has 0 spiro atoms. The maximum absolute atomic E-state index is 12.7. The molecule has 0 bridgehead atoms. The van der Waals surface area contributed by atoms with Gasteiger partial charge in [0.25, 0.3) is 0 Å². The number of rotatable bonds is 1. The van der Waals surface area contributed by atoms with Crippen LogP contribution in [0.3, 0.4) is 0 Å². The molecule has 1 atom stereocenters. The SMILES string of the molecule is FC1(F)Oc2cccc([C@H]3CN3)c2O1. The highest BCUT2D eigenvalue weighted by atomic mass is 19.3. The van der Waals surface area contributed by atoms with Gasteiger partial charge >= 0.3 is 6.29 Å². The van der Waals surface area contributed by atoms with Gasteiger partial charge in [0, 0.05) is 18.2 Å². The summed E-state index contributed by atoms with van der Waals surface area (Å²) in [6.45, 7) is 0.797. The fourth-order valence-electron chi connectivity index (χ4n) is 1.54. The van der Waals surface area contributed by atoms with Crippen molar-refractivity contribution in [2.45, 2.75) is 12.3 Å². The topological polar surface area (TPSA) is 40.4 Å². The summed E-state index contributed by atoms with van der Waals surface area (Å²) in [6, 6.07) is 5.04. The lowest BCUT2D eigenvalue weighted by molar-refractivity contribution is -0.286. The molecule has 0 aromatic heterocycles. The van der Waals surface area contributed by atoms with Crippen LogP contribution < -0.4 is 14.8 Å². The molecule has 1 aromatic carbocycles. The molecule has 2 heterocycles. The Morgan fingerprint density at radius 1 is 1.36 bits per heavy atom. The van der Waals surface area contributed by atoms with E-state index in [2.05, 4.69) is 14.8 Å². The van der Waals surface area contributed by atoms with E-state index in [1.54, 1.807) is 12.1 Å². The zero-order valence-corrected chi connectivity index (χ0v) is 7.09. The van der Waals surface area contributed by atoms with Crippen molar-refractivity contribution in [3.63, 3.8) is 0 Å². The fraction of sp³-hybridized carbons (Fsp3) is 0.333. The first kappa shape index (κ1) is 7.99. The van der Waals surface area contributed by atoms with E-state index in [-0.39, 0.29) is 17.5 Å². The molecule has 2 aliphatic rings. The molecular weight excluding hydrogens is 192 g/mol. The molecule has 0 unspecified atom stereocenters. The van der Waals surface area contributed by atoms with Crippen LogP contribution in [0, 0.1) is 0 Å². The molecule has 74 valence electrons. The molecule has 0 radical (unpaired) electrons. The monoisotopic (exact) mass is 199 g/mol. The van der Waals surface area contributed by atoms with Crippen molar-refractivity contribution >= 4 is 0 Å². The Kier molecular flexibility index (Phi) is 1.35.